The van der Waals surface area contributed by atoms with Gasteiger partial charge in [-0.2, -0.15) is 10.2 Å². The van der Waals surface area contributed by atoms with Crippen molar-refractivity contribution in [2.75, 3.05) is 33.2 Å². The van der Waals surface area contributed by atoms with Gasteiger partial charge in [-0.15, -0.1) is 0 Å². The average molecular weight is 311 g/mol. The van der Waals surface area contributed by atoms with Crippen LogP contribution in [0, 0.1) is 13.8 Å². The Labute approximate surface area is 138 Å². The molecular weight excluding hydrogens is 286 g/mol. The minimum Gasteiger partial charge on any atom is -0.303 e. The summed E-state index contributed by atoms with van der Waals surface area (Å²) in [5, 5.41) is 11.5. The zero-order valence-corrected chi connectivity index (χ0v) is 14.2. The third kappa shape index (κ3) is 3.79. The van der Waals surface area contributed by atoms with Crippen molar-refractivity contribution in [3.63, 3.8) is 0 Å². The topological polar surface area (TPSA) is 36.7 Å². The molecule has 0 bridgehead atoms. The molecule has 122 valence electrons. The Bertz CT molecular complexity index is 666. The molecule has 0 unspecified atom stereocenters. The average Bonchev–Trinajstić information content (AvgIpc) is 2.82. The number of hydrogen-bond acceptors (Lipinski definition) is 4. The third-order valence-electron chi connectivity index (χ3n) is 4.44. The lowest BCUT2D eigenvalue weighted by Crippen LogP contribution is -2.41. The lowest BCUT2D eigenvalue weighted by atomic mass is 10.2. The Kier molecular flexibility index (Phi) is 4.76. The van der Waals surface area contributed by atoms with Crippen LogP contribution in [0.4, 0.5) is 0 Å². The molecule has 5 nitrogen and oxygen atoms in total. The van der Waals surface area contributed by atoms with Gasteiger partial charge in [0.25, 0.3) is 0 Å². The molecule has 0 aliphatic carbocycles. The number of rotatable bonds is 4. The molecule has 0 saturated carbocycles. The Balaban J connectivity index is 1.73. The molecule has 5 heteroatoms. The monoisotopic (exact) mass is 311 g/mol. The zero-order valence-electron chi connectivity index (χ0n) is 14.2. The molecule has 1 fully saturated rings. The van der Waals surface area contributed by atoms with Gasteiger partial charge in [0.05, 0.1) is 18.5 Å². The van der Waals surface area contributed by atoms with E-state index >= 15 is 0 Å². The highest BCUT2D eigenvalue weighted by molar-refractivity contribution is 5.82. The Morgan fingerprint density at radius 2 is 1.78 bits per heavy atom. The van der Waals surface area contributed by atoms with Gasteiger partial charge in [-0.3, -0.25) is 9.69 Å². The highest BCUT2D eigenvalue weighted by atomic mass is 15.5. The molecule has 2 aromatic rings. The SMILES string of the molecule is Cc1nn(Cc2ccccc2)c(C)c1/C=N/N1CCN(C)CC1. The first-order valence-corrected chi connectivity index (χ1v) is 8.19. The maximum Gasteiger partial charge on any atom is 0.0685 e. The number of aryl methyl sites for hydroxylation is 1. The molecule has 0 N–H and O–H groups in total. The van der Waals surface area contributed by atoms with Crippen LogP contribution in [0.1, 0.15) is 22.5 Å². The summed E-state index contributed by atoms with van der Waals surface area (Å²) in [6.07, 6.45) is 1.98. The second kappa shape index (κ2) is 6.96. The van der Waals surface area contributed by atoms with Gasteiger partial charge in [-0.25, -0.2) is 0 Å². The molecule has 1 aliphatic rings. The normalized spacial score (nSPS) is 16.4. The molecule has 0 atom stereocenters. The largest absolute Gasteiger partial charge is 0.303 e. The van der Waals surface area contributed by atoms with E-state index in [1.807, 2.05) is 12.3 Å². The Morgan fingerprint density at radius 1 is 1.09 bits per heavy atom. The highest BCUT2D eigenvalue weighted by Crippen LogP contribution is 2.13. The summed E-state index contributed by atoms with van der Waals surface area (Å²) < 4.78 is 2.07. The summed E-state index contributed by atoms with van der Waals surface area (Å²) in [4.78, 5) is 2.33. The van der Waals surface area contributed by atoms with Gasteiger partial charge in [0, 0.05) is 37.4 Å². The first-order chi connectivity index (χ1) is 11.1. The lowest BCUT2D eigenvalue weighted by molar-refractivity contribution is 0.159. The van der Waals surface area contributed by atoms with Gasteiger partial charge >= 0.3 is 0 Å². The van der Waals surface area contributed by atoms with E-state index in [9.17, 15) is 0 Å². The third-order valence-corrected chi connectivity index (χ3v) is 4.44. The maximum absolute atomic E-state index is 4.68. The first-order valence-electron chi connectivity index (χ1n) is 8.19. The summed E-state index contributed by atoms with van der Waals surface area (Å²) >= 11 is 0. The van der Waals surface area contributed by atoms with Crippen LogP contribution in [-0.2, 0) is 6.54 Å². The number of hydrogen-bond donors (Lipinski definition) is 0. The van der Waals surface area contributed by atoms with E-state index in [0.29, 0.717) is 0 Å². The van der Waals surface area contributed by atoms with E-state index in [1.54, 1.807) is 0 Å². The van der Waals surface area contributed by atoms with Crippen molar-refractivity contribution in [1.29, 1.82) is 0 Å². The highest BCUT2D eigenvalue weighted by Gasteiger charge is 2.13. The van der Waals surface area contributed by atoms with Gasteiger partial charge in [0.2, 0.25) is 0 Å². The van der Waals surface area contributed by atoms with E-state index in [2.05, 4.69) is 70.0 Å². The van der Waals surface area contributed by atoms with Crippen molar-refractivity contribution in [2.24, 2.45) is 5.10 Å². The predicted octanol–water partition coefficient (Wildman–Crippen LogP) is 2.13. The van der Waals surface area contributed by atoms with Gasteiger partial charge < -0.3 is 4.90 Å². The fraction of sp³-hybridized carbons (Fsp3) is 0.444. The quantitative estimate of drug-likeness (QED) is 0.812. The van der Waals surface area contributed by atoms with E-state index in [-0.39, 0.29) is 0 Å². The second-order valence-electron chi connectivity index (χ2n) is 6.23. The van der Waals surface area contributed by atoms with Crippen LogP contribution >= 0.6 is 0 Å². The molecule has 1 saturated heterocycles. The van der Waals surface area contributed by atoms with Gasteiger partial charge in [0.1, 0.15) is 0 Å². The number of aromatic nitrogens is 2. The van der Waals surface area contributed by atoms with Gasteiger partial charge in [-0.1, -0.05) is 30.3 Å². The summed E-state index contributed by atoms with van der Waals surface area (Å²) in [5.74, 6) is 0. The molecule has 0 spiro atoms. The van der Waals surface area contributed by atoms with Gasteiger partial charge in [0.15, 0.2) is 0 Å². The molecule has 0 amide bonds. The summed E-state index contributed by atoms with van der Waals surface area (Å²) in [6.45, 7) is 9.10. The lowest BCUT2D eigenvalue weighted by Gasteiger charge is -2.30. The minimum absolute atomic E-state index is 0.801. The van der Waals surface area contributed by atoms with Crippen molar-refractivity contribution < 1.29 is 0 Å². The van der Waals surface area contributed by atoms with Crippen LogP contribution in [-0.4, -0.2) is 59.1 Å². The van der Waals surface area contributed by atoms with Gasteiger partial charge in [-0.05, 0) is 26.5 Å². The summed E-state index contributed by atoms with van der Waals surface area (Å²) in [7, 11) is 2.16. The van der Waals surface area contributed by atoms with Crippen LogP contribution in [0.15, 0.2) is 35.4 Å². The first kappa shape index (κ1) is 15.7. The fourth-order valence-corrected chi connectivity index (χ4v) is 2.86. The standard InChI is InChI=1S/C18H25N5/c1-15-18(13-19-22-11-9-21(3)10-12-22)16(2)23(20-15)14-17-7-5-4-6-8-17/h4-8,13H,9-12,14H2,1-3H3/b19-13+. The zero-order chi connectivity index (χ0) is 16.2. The van der Waals surface area contributed by atoms with E-state index in [0.717, 1.165) is 44.0 Å². The van der Waals surface area contributed by atoms with Crippen molar-refractivity contribution in [1.82, 2.24) is 19.7 Å². The number of piperazine rings is 1. The van der Waals surface area contributed by atoms with E-state index in [4.69, 9.17) is 0 Å². The predicted molar refractivity (Wildman–Crippen MR) is 93.9 cm³/mol. The van der Waals surface area contributed by atoms with E-state index in [1.165, 1.54) is 11.3 Å². The summed E-state index contributed by atoms with van der Waals surface area (Å²) in [6, 6.07) is 10.4. The molecule has 1 aromatic carbocycles. The molecular formula is C18H25N5. The fourth-order valence-electron chi connectivity index (χ4n) is 2.86. The van der Waals surface area contributed by atoms with Crippen molar-refractivity contribution in [3.8, 4) is 0 Å². The van der Waals surface area contributed by atoms with Crippen LogP contribution in [0.2, 0.25) is 0 Å². The summed E-state index contributed by atoms with van der Waals surface area (Å²) in [5.41, 5.74) is 4.61. The van der Waals surface area contributed by atoms with Crippen molar-refractivity contribution >= 4 is 6.21 Å². The van der Waals surface area contributed by atoms with Crippen molar-refractivity contribution in [3.05, 3.63) is 52.8 Å². The Hall–Kier alpha value is -2.14. The molecule has 2 heterocycles. The van der Waals surface area contributed by atoms with Crippen molar-refractivity contribution in [2.45, 2.75) is 20.4 Å². The Morgan fingerprint density at radius 3 is 2.48 bits per heavy atom. The smallest absolute Gasteiger partial charge is 0.0685 e. The number of benzene rings is 1. The van der Waals surface area contributed by atoms with Crippen LogP contribution in [0.3, 0.4) is 0 Å². The number of hydrazone groups is 1. The van der Waals surface area contributed by atoms with E-state index < -0.39 is 0 Å². The molecule has 1 aromatic heterocycles. The second-order valence-corrected chi connectivity index (χ2v) is 6.23. The molecule has 0 radical (unpaired) electrons. The molecule has 3 rings (SSSR count). The molecule has 23 heavy (non-hydrogen) atoms. The molecule has 1 aliphatic heterocycles. The number of nitrogens with zero attached hydrogens (tertiary/aromatic N) is 5. The minimum atomic E-state index is 0.801. The maximum atomic E-state index is 4.68. The van der Waals surface area contributed by atoms with Crippen LogP contribution in [0.25, 0.3) is 0 Å². The van der Waals surface area contributed by atoms with Crippen LogP contribution in [0.5, 0.6) is 0 Å². The number of likely N-dealkylation sites (N-methyl/N-ethyl adjacent to an activating group) is 1. The van der Waals surface area contributed by atoms with Crippen LogP contribution < -0.4 is 0 Å².